The van der Waals surface area contributed by atoms with Crippen molar-refractivity contribution in [2.45, 2.75) is 24.5 Å². The van der Waals surface area contributed by atoms with E-state index in [0.29, 0.717) is 11.3 Å². The Bertz CT molecular complexity index is 1260. The summed E-state index contributed by atoms with van der Waals surface area (Å²) in [5.74, 6) is -6.61. The van der Waals surface area contributed by atoms with E-state index >= 15 is 0 Å². The number of fused-ring (bicyclic) bond motifs is 3. The molecule has 0 heterocycles. The van der Waals surface area contributed by atoms with Gasteiger partial charge in [-0.25, -0.2) is 0 Å². The third-order valence-electron chi connectivity index (χ3n) is 7.64. The second kappa shape index (κ2) is 8.24. The summed E-state index contributed by atoms with van der Waals surface area (Å²) in [4.78, 5) is 44.1. The van der Waals surface area contributed by atoms with Crippen LogP contribution in [0.4, 0.5) is 11.4 Å². The van der Waals surface area contributed by atoms with Gasteiger partial charge in [-0.05, 0) is 44.5 Å². The first-order valence-electron chi connectivity index (χ1n) is 11.5. The van der Waals surface area contributed by atoms with Gasteiger partial charge in [0, 0.05) is 45.4 Å². The van der Waals surface area contributed by atoms with Gasteiger partial charge in [-0.2, -0.15) is 0 Å². The Morgan fingerprint density at radius 3 is 2.11 bits per heavy atom. The molecule has 0 bridgehead atoms. The molecule has 4 atom stereocenters. The minimum Gasteiger partial charge on any atom is -0.508 e. The number of aliphatic hydroxyl groups is 3. The van der Waals surface area contributed by atoms with Gasteiger partial charge in [0.15, 0.2) is 11.4 Å². The third kappa shape index (κ3) is 3.22. The fourth-order valence-corrected chi connectivity index (χ4v) is 6.02. The van der Waals surface area contributed by atoms with Crippen LogP contribution in [0.2, 0.25) is 0 Å². The van der Waals surface area contributed by atoms with E-state index < -0.39 is 58.0 Å². The number of likely N-dealkylation sites (N-methyl/N-ethyl adjacent to an activating group) is 1. The molecule has 1 aromatic rings. The van der Waals surface area contributed by atoms with Crippen LogP contribution in [0.25, 0.3) is 5.76 Å². The number of nitrogens with zero attached hydrogens (tertiary/aromatic N) is 3. The maximum absolute atomic E-state index is 13.9. The Morgan fingerprint density at radius 2 is 1.61 bits per heavy atom. The smallest absolute Gasteiger partial charge is 0.255 e. The maximum Gasteiger partial charge on any atom is 0.255 e. The molecule has 3 aliphatic rings. The Labute approximate surface area is 208 Å². The molecule has 0 aromatic heterocycles. The molecule has 0 spiro atoms. The van der Waals surface area contributed by atoms with Gasteiger partial charge in [0.1, 0.15) is 22.8 Å². The largest absolute Gasteiger partial charge is 0.508 e. The van der Waals surface area contributed by atoms with Gasteiger partial charge in [-0.3, -0.25) is 19.3 Å². The van der Waals surface area contributed by atoms with Crippen LogP contribution in [0.15, 0.2) is 23.0 Å². The monoisotopic (exact) mass is 500 g/mol. The minimum absolute atomic E-state index is 0.0504. The molecule has 0 aliphatic heterocycles. The van der Waals surface area contributed by atoms with Crippen molar-refractivity contribution in [1.82, 2.24) is 4.90 Å². The van der Waals surface area contributed by atoms with E-state index in [1.54, 1.807) is 39.2 Å². The number of nitrogens with two attached hydrogens (primary N) is 1. The first kappa shape index (κ1) is 25.5. The predicted octanol–water partition coefficient (Wildman–Crippen LogP) is 0.0960. The lowest BCUT2D eigenvalue weighted by Gasteiger charge is -2.50. The van der Waals surface area contributed by atoms with E-state index in [2.05, 4.69) is 0 Å². The van der Waals surface area contributed by atoms with E-state index in [9.17, 15) is 34.8 Å². The standard InChI is InChI=1S/C25H32N4O7/c1-27(2)13-9-14(28(3)4)19(30)16-11(13)7-10-8-12-18(29(5)6)21(32)17(24(26)35)23(34)25(12,36)22(33)15(10)20(16)31/h9-10,12,18,30-31,34,36H,7-8H2,1-6H3,(H2,26,35)/t10?,12?,18-,25-/m0/s1. The lowest BCUT2D eigenvalue weighted by atomic mass is 9.57. The van der Waals surface area contributed by atoms with Crippen LogP contribution in [-0.2, 0) is 20.8 Å². The number of carbonyl (C=O) groups is 3. The van der Waals surface area contributed by atoms with Crippen molar-refractivity contribution in [2.75, 3.05) is 52.1 Å². The summed E-state index contributed by atoms with van der Waals surface area (Å²) >= 11 is 0. The van der Waals surface area contributed by atoms with E-state index in [-0.39, 0.29) is 29.7 Å². The number of hydrogen-bond donors (Lipinski definition) is 5. The summed E-state index contributed by atoms with van der Waals surface area (Å²) in [7, 11) is 10.2. The lowest BCUT2D eigenvalue weighted by molar-refractivity contribution is -0.153. The van der Waals surface area contributed by atoms with Gasteiger partial charge in [0.2, 0.25) is 5.78 Å². The maximum atomic E-state index is 13.9. The highest BCUT2D eigenvalue weighted by molar-refractivity contribution is 6.24. The van der Waals surface area contributed by atoms with Crippen LogP contribution in [-0.4, -0.2) is 96.7 Å². The number of aromatic hydroxyl groups is 1. The number of rotatable bonds is 4. The zero-order valence-corrected chi connectivity index (χ0v) is 21.2. The topological polar surface area (TPSA) is 168 Å². The second-order valence-corrected chi connectivity index (χ2v) is 10.4. The number of phenolic OH excluding ortho intramolecular Hbond substituents is 1. The third-order valence-corrected chi connectivity index (χ3v) is 7.64. The zero-order valence-electron chi connectivity index (χ0n) is 21.2. The molecule has 1 amide bonds. The highest BCUT2D eigenvalue weighted by Crippen LogP contribution is 2.54. The molecule has 6 N–H and O–H groups in total. The average Bonchev–Trinajstić information content (AvgIpc) is 2.75. The molecule has 1 aromatic carbocycles. The summed E-state index contributed by atoms with van der Waals surface area (Å²) in [6.07, 6.45) is 0.290. The SMILES string of the molecule is CN(C)c1cc(N(C)C)c2c(c1O)C(O)=C1C(=O)[C@]3(O)C(O)=C(C(N)=O)C(=O)[C@@H](N(C)C)C3CC1C2. The van der Waals surface area contributed by atoms with Crippen LogP contribution >= 0.6 is 0 Å². The minimum atomic E-state index is -2.65. The average molecular weight is 501 g/mol. The van der Waals surface area contributed by atoms with Crippen molar-refractivity contribution in [3.8, 4) is 5.75 Å². The molecular weight excluding hydrogens is 468 g/mol. The van der Waals surface area contributed by atoms with Gasteiger partial charge in [-0.15, -0.1) is 0 Å². The number of hydrogen-bond acceptors (Lipinski definition) is 10. The first-order chi connectivity index (χ1) is 16.7. The predicted molar refractivity (Wildman–Crippen MR) is 133 cm³/mol. The summed E-state index contributed by atoms with van der Waals surface area (Å²) in [6, 6.07) is 0.675. The fourth-order valence-electron chi connectivity index (χ4n) is 6.02. The molecule has 194 valence electrons. The Balaban J connectivity index is 2.02. The Kier molecular flexibility index (Phi) is 5.84. The number of ketones is 2. The van der Waals surface area contributed by atoms with E-state index in [0.717, 1.165) is 5.69 Å². The summed E-state index contributed by atoms with van der Waals surface area (Å²) in [6.45, 7) is 0. The van der Waals surface area contributed by atoms with Crippen molar-refractivity contribution in [1.29, 1.82) is 0 Å². The summed E-state index contributed by atoms with van der Waals surface area (Å²) in [5, 5.41) is 45.0. The number of phenols is 1. The number of benzene rings is 1. The molecule has 36 heavy (non-hydrogen) atoms. The fraction of sp³-hybridized carbons (Fsp3) is 0.480. The number of anilines is 2. The molecule has 0 saturated heterocycles. The summed E-state index contributed by atoms with van der Waals surface area (Å²) in [5.41, 5.74) is 3.53. The van der Waals surface area contributed by atoms with E-state index in [4.69, 9.17) is 5.73 Å². The molecule has 0 radical (unpaired) electrons. The second-order valence-electron chi connectivity index (χ2n) is 10.4. The van der Waals surface area contributed by atoms with E-state index in [1.165, 1.54) is 4.90 Å². The lowest BCUT2D eigenvalue weighted by Crippen LogP contribution is -2.65. The Morgan fingerprint density at radius 1 is 1.03 bits per heavy atom. The highest BCUT2D eigenvalue weighted by Gasteiger charge is 2.64. The molecule has 1 fully saturated rings. The molecule has 3 aliphatic carbocycles. The molecule has 2 unspecified atom stereocenters. The van der Waals surface area contributed by atoms with Gasteiger partial charge in [0.05, 0.1) is 17.3 Å². The van der Waals surface area contributed by atoms with E-state index in [1.807, 2.05) is 19.0 Å². The van der Waals surface area contributed by atoms with Crippen molar-refractivity contribution < 1.29 is 34.8 Å². The van der Waals surface area contributed by atoms with Crippen LogP contribution in [0.1, 0.15) is 17.5 Å². The summed E-state index contributed by atoms with van der Waals surface area (Å²) < 4.78 is 0. The quantitative estimate of drug-likeness (QED) is 0.358. The molecule has 11 heteroatoms. The molecule has 4 rings (SSSR count). The van der Waals surface area contributed by atoms with Crippen molar-refractivity contribution in [2.24, 2.45) is 17.6 Å². The number of amides is 1. The highest BCUT2D eigenvalue weighted by atomic mass is 16.3. The molecular formula is C25H32N4O7. The van der Waals surface area contributed by atoms with Gasteiger partial charge >= 0.3 is 0 Å². The van der Waals surface area contributed by atoms with Crippen molar-refractivity contribution in [3.05, 3.63) is 34.1 Å². The van der Waals surface area contributed by atoms with Crippen LogP contribution < -0.4 is 15.5 Å². The van der Waals surface area contributed by atoms with Crippen LogP contribution in [0.5, 0.6) is 5.75 Å². The first-order valence-corrected chi connectivity index (χ1v) is 11.5. The number of Topliss-reactive ketones (excluding diaryl/α,β-unsaturated/α-hetero) is 2. The van der Waals surface area contributed by atoms with Crippen LogP contribution in [0, 0.1) is 11.8 Å². The molecule has 11 nitrogen and oxygen atoms in total. The van der Waals surface area contributed by atoms with Crippen LogP contribution in [0.3, 0.4) is 0 Å². The van der Waals surface area contributed by atoms with Crippen molar-refractivity contribution >= 4 is 34.6 Å². The van der Waals surface area contributed by atoms with Gasteiger partial charge in [-0.1, -0.05) is 0 Å². The van der Waals surface area contributed by atoms with Crippen molar-refractivity contribution in [3.63, 3.8) is 0 Å². The number of aliphatic hydroxyl groups excluding tert-OH is 2. The van der Waals surface area contributed by atoms with Gasteiger partial charge < -0.3 is 36.0 Å². The number of primary amides is 1. The zero-order chi connectivity index (χ0) is 27.0. The normalized spacial score (nSPS) is 27.6. The Hall–Kier alpha value is -3.57. The number of carbonyl (C=O) groups excluding carboxylic acids is 3. The molecule has 1 saturated carbocycles. The van der Waals surface area contributed by atoms with Gasteiger partial charge in [0.25, 0.3) is 5.91 Å².